The number of para-hydroxylation sites is 1. The molecule has 1 heteroatoms. The summed E-state index contributed by atoms with van der Waals surface area (Å²) >= 11 is 0. The van der Waals surface area contributed by atoms with Gasteiger partial charge in [-0.25, -0.2) is 0 Å². The highest BCUT2D eigenvalue weighted by Gasteiger charge is 2.23. The van der Waals surface area contributed by atoms with Crippen LogP contribution in [0.5, 0.6) is 0 Å². The minimum atomic E-state index is 0.0689. The molecule has 0 radical (unpaired) electrons. The molecule has 2 rings (SSSR count). The number of hydrogen-bond donors (Lipinski definition) is 1. The number of hydrogen-bond acceptors (Lipinski definition) is 1. The maximum Gasteiger partial charge on any atom is 0.0506 e. The third kappa shape index (κ3) is 2.54. The Hall–Kier alpha value is -1.24. The zero-order valence-electron chi connectivity index (χ0n) is 11.4. The Morgan fingerprint density at radius 3 is 2.71 bits per heavy atom. The SMILES string of the molecule is CCCCc1cccc2c1NC(C)(C)C=C2C. The highest BCUT2D eigenvalue weighted by Crippen LogP contribution is 2.36. The van der Waals surface area contributed by atoms with Crippen LogP contribution < -0.4 is 5.32 Å². The van der Waals surface area contributed by atoms with Crippen LogP contribution in [0.2, 0.25) is 0 Å². The molecule has 1 N–H and O–H groups in total. The molecule has 1 nitrogen and oxygen atoms in total. The lowest BCUT2D eigenvalue weighted by atomic mass is 9.88. The summed E-state index contributed by atoms with van der Waals surface area (Å²) in [4.78, 5) is 0. The Balaban J connectivity index is 2.41. The van der Waals surface area contributed by atoms with Crippen LogP contribution >= 0.6 is 0 Å². The van der Waals surface area contributed by atoms with Crippen LogP contribution in [0, 0.1) is 0 Å². The molecule has 1 aliphatic heterocycles. The predicted octanol–water partition coefficient (Wildman–Crippen LogP) is 4.64. The van der Waals surface area contributed by atoms with E-state index < -0.39 is 0 Å². The van der Waals surface area contributed by atoms with Crippen molar-refractivity contribution < 1.29 is 0 Å². The molecule has 1 heterocycles. The minimum absolute atomic E-state index is 0.0689. The predicted molar refractivity (Wildman–Crippen MR) is 76.4 cm³/mol. The highest BCUT2D eigenvalue weighted by molar-refractivity contribution is 5.81. The molecule has 0 amide bonds. The van der Waals surface area contributed by atoms with Gasteiger partial charge in [0.15, 0.2) is 0 Å². The molecular weight excluding hydrogens is 206 g/mol. The van der Waals surface area contributed by atoms with Crippen molar-refractivity contribution in [3.63, 3.8) is 0 Å². The van der Waals surface area contributed by atoms with Crippen molar-refractivity contribution in [2.75, 3.05) is 5.32 Å². The van der Waals surface area contributed by atoms with Gasteiger partial charge in [0.2, 0.25) is 0 Å². The van der Waals surface area contributed by atoms with Crippen molar-refractivity contribution in [3.8, 4) is 0 Å². The van der Waals surface area contributed by atoms with Gasteiger partial charge in [0.05, 0.1) is 5.54 Å². The third-order valence-electron chi connectivity index (χ3n) is 3.40. The van der Waals surface area contributed by atoms with Gasteiger partial charge < -0.3 is 5.32 Å². The van der Waals surface area contributed by atoms with Crippen LogP contribution in [0.1, 0.15) is 51.7 Å². The smallest absolute Gasteiger partial charge is 0.0506 e. The zero-order chi connectivity index (χ0) is 12.5. The van der Waals surface area contributed by atoms with Gasteiger partial charge in [-0.3, -0.25) is 0 Å². The lowest BCUT2D eigenvalue weighted by molar-refractivity contribution is 0.702. The molecule has 0 atom stereocenters. The average Bonchev–Trinajstić information content (AvgIpc) is 2.25. The number of anilines is 1. The standard InChI is InChI=1S/C16H23N/c1-5-6-8-13-9-7-10-14-12(2)11-16(3,4)17-15(13)14/h7,9-11,17H,5-6,8H2,1-4H3. The molecule has 1 aliphatic rings. The Morgan fingerprint density at radius 2 is 2.00 bits per heavy atom. The molecule has 0 aliphatic carbocycles. The van der Waals surface area contributed by atoms with Crippen LogP contribution in [0.25, 0.3) is 5.57 Å². The van der Waals surface area contributed by atoms with Crippen LogP contribution in [0.3, 0.4) is 0 Å². The lowest BCUT2D eigenvalue weighted by Crippen LogP contribution is -2.32. The summed E-state index contributed by atoms with van der Waals surface area (Å²) in [6.07, 6.45) is 6.01. The summed E-state index contributed by atoms with van der Waals surface area (Å²) in [5.74, 6) is 0. The molecule has 17 heavy (non-hydrogen) atoms. The minimum Gasteiger partial charge on any atom is -0.376 e. The summed E-state index contributed by atoms with van der Waals surface area (Å²) in [7, 11) is 0. The Morgan fingerprint density at radius 1 is 1.24 bits per heavy atom. The van der Waals surface area contributed by atoms with E-state index in [1.807, 2.05) is 0 Å². The quantitative estimate of drug-likeness (QED) is 0.796. The van der Waals surface area contributed by atoms with Gasteiger partial charge in [-0.2, -0.15) is 0 Å². The maximum absolute atomic E-state index is 3.67. The largest absolute Gasteiger partial charge is 0.376 e. The monoisotopic (exact) mass is 229 g/mol. The van der Waals surface area contributed by atoms with Gasteiger partial charge in [0.25, 0.3) is 0 Å². The van der Waals surface area contributed by atoms with Gasteiger partial charge in [-0.15, -0.1) is 0 Å². The normalized spacial score (nSPS) is 17.1. The van der Waals surface area contributed by atoms with Crippen LogP contribution in [0.15, 0.2) is 24.3 Å². The number of unbranched alkanes of at least 4 members (excludes halogenated alkanes) is 1. The molecule has 0 unspecified atom stereocenters. The van der Waals surface area contributed by atoms with Crippen molar-refractivity contribution in [1.82, 2.24) is 0 Å². The second kappa shape index (κ2) is 4.56. The number of fused-ring (bicyclic) bond motifs is 1. The fourth-order valence-electron chi connectivity index (χ4n) is 2.63. The average molecular weight is 229 g/mol. The molecule has 1 aromatic carbocycles. The van der Waals surface area contributed by atoms with E-state index in [2.05, 4.69) is 57.3 Å². The van der Waals surface area contributed by atoms with E-state index in [1.165, 1.54) is 41.6 Å². The third-order valence-corrected chi connectivity index (χ3v) is 3.40. The van der Waals surface area contributed by atoms with Gasteiger partial charge in [0.1, 0.15) is 0 Å². The van der Waals surface area contributed by atoms with Gasteiger partial charge in [0, 0.05) is 11.3 Å². The summed E-state index contributed by atoms with van der Waals surface area (Å²) in [6, 6.07) is 6.66. The van der Waals surface area contributed by atoms with Crippen molar-refractivity contribution in [2.45, 2.75) is 52.5 Å². The number of nitrogens with one attached hydrogen (secondary N) is 1. The summed E-state index contributed by atoms with van der Waals surface area (Å²) < 4.78 is 0. The first-order valence-electron chi connectivity index (χ1n) is 6.63. The molecule has 0 spiro atoms. The van der Waals surface area contributed by atoms with E-state index >= 15 is 0 Å². The summed E-state index contributed by atoms with van der Waals surface area (Å²) in [6.45, 7) is 8.93. The van der Waals surface area contributed by atoms with Gasteiger partial charge in [-0.05, 0) is 44.7 Å². The van der Waals surface area contributed by atoms with Gasteiger partial charge in [-0.1, -0.05) is 37.6 Å². The fourth-order valence-corrected chi connectivity index (χ4v) is 2.63. The van der Waals surface area contributed by atoms with Gasteiger partial charge >= 0.3 is 0 Å². The van der Waals surface area contributed by atoms with E-state index in [0.717, 1.165) is 0 Å². The second-order valence-corrected chi connectivity index (χ2v) is 5.62. The molecule has 0 bridgehead atoms. The number of aryl methyl sites for hydroxylation is 1. The molecule has 92 valence electrons. The van der Waals surface area contributed by atoms with Crippen molar-refractivity contribution in [3.05, 3.63) is 35.4 Å². The zero-order valence-corrected chi connectivity index (χ0v) is 11.4. The van der Waals surface area contributed by atoms with Crippen molar-refractivity contribution in [2.24, 2.45) is 0 Å². The molecule has 0 fully saturated rings. The number of rotatable bonds is 3. The first-order chi connectivity index (χ1) is 8.03. The van der Waals surface area contributed by atoms with Crippen LogP contribution in [-0.4, -0.2) is 5.54 Å². The van der Waals surface area contributed by atoms with Crippen molar-refractivity contribution >= 4 is 11.3 Å². The number of allylic oxidation sites excluding steroid dienone is 1. The number of benzene rings is 1. The first kappa shape index (κ1) is 12.2. The molecular formula is C16H23N. The Kier molecular flexibility index (Phi) is 3.28. The fraction of sp³-hybridized carbons (Fsp3) is 0.500. The van der Waals surface area contributed by atoms with E-state index in [9.17, 15) is 0 Å². The molecule has 0 aromatic heterocycles. The summed E-state index contributed by atoms with van der Waals surface area (Å²) in [5.41, 5.74) is 5.65. The summed E-state index contributed by atoms with van der Waals surface area (Å²) in [5, 5.41) is 3.67. The molecule has 0 saturated heterocycles. The van der Waals surface area contributed by atoms with Crippen LogP contribution in [0.4, 0.5) is 5.69 Å². The van der Waals surface area contributed by atoms with Crippen molar-refractivity contribution in [1.29, 1.82) is 0 Å². The van der Waals surface area contributed by atoms with Crippen LogP contribution in [-0.2, 0) is 6.42 Å². The van der Waals surface area contributed by atoms with E-state index in [4.69, 9.17) is 0 Å². The highest BCUT2D eigenvalue weighted by atomic mass is 15.0. The van der Waals surface area contributed by atoms with E-state index in [-0.39, 0.29) is 5.54 Å². The van der Waals surface area contributed by atoms with E-state index in [1.54, 1.807) is 0 Å². The maximum atomic E-state index is 3.67. The first-order valence-corrected chi connectivity index (χ1v) is 6.63. The second-order valence-electron chi connectivity index (χ2n) is 5.62. The Bertz CT molecular complexity index is 441. The molecule has 1 aromatic rings. The molecule has 0 saturated carbocycles. The Labute approximate surface area is 105 Å². The topological polar surface area (TPSA) is 12.0 Å². The van der Waals surface area contributed by atoms with E-state index in [0.29, 0.717) is 0 Å². The lowest BCUT2D eigenvalue weighted by Gasteiger charge is -2.33.